The number of unbranched alkanes of at least 4 members (excludes halogenated alkanes) is 1. The number of morpholine rings is 1. The molecular weight excluding hydrogens is 1830 g/mol. The largest absolute Gasteiger partial charge is 0.416 e. The van der Waals surface area contributed by atoms with Crippen LogP contribution in [0.25, 0.3) is 0 Å². The van der Waals surface area contributed by atoms with Gasteiger partial charge in [0.25, 0.3) is 23.5 Å². The number of rotatable bonds is 39. The maximum Gasteiger partial charge on any atom is 0.416 e. The van der Waals surface area contributed by atoms with Crippen molar-refractivity contribution in [2.24, 2.45) is 11.8 Å². The van der Waals surface area contributed by atoms with E-state index in [4.69, 9.17) is 9.15 Å². The highest BCUT2D eigenvalue weighted by Gasteiger charge is 2.32. The predicted octanol–water partition coefficient (Wildman–Crippen LogP) is 7.81. The fourth-order valence-corrected chi connectivity index (χ4v) is 19.2. The number of tetrazole rings is 1. The first kappa shape index (κ1) is 117. The Morgan fingerprint density at radius 1 is 0.430 bits per heavy atom. The summed E-state index contributed by atoms with van der Waals surface area (Å²) in [5.41, 5.74) is 3.65. The summed E-state index contributed by atoms with van der Waals surface area (Å²) in [5.74, 6) is 1.06. The zero-order valence-electron chi connectivity index (χ0n) is 88.2. The van der Waals surface area contributed by atoms with Crippen LogP contribution >= 0.6 is 11.3 Å². The molecule has 0 aromatic carbocycles. The molecule has 11 N–H and O–H groups in total. The molecule has 7 aliphatic rings. The summed E-state index contributed by atoms with van der Waals surface area (Å²) >= 11 is 0.980. The van der Waals surface area contributed by atoms with Gasteiger partial charge in [-0.1, -0.05) is 11.3 Å². The van der Waals surface area contributed by atoms with Gasteiger partial charge >= 0.3 is 10.6 Å². The Morgan fingerprint density at radius 3 is 1.24 bits per heavy atom. The third-order valence-corrected chi connectivity index (χ3v) is 28.9. The number of aromatic amines is 7. The van der Waals surface area contributed by atoms with Crippen LogP contribution in [-0.4, -0.2) is 394 Å². The van der Waals surface area contributed by atoms with Crippen LogP contribution in [-0.2, 0) is 49.6 Å². The van der Waals surface area contributed by atoms with Crippen LogP contribution in [0, 0.1) is 11.8 Å². The number of piperidine rings is 6. The molecular formula is C98H172N32O11S. The second-order valence-electron chi connectivity index (χ2n) is 40.7. The molecule has 0 bridgehead atoms. The molecule has 7 aromatic rings. The average Bonchev–Trinajstić information content (AvgIpc) is 1.83. The normalized spacial score (nSPS) is 17.9. The lowest BCUT2D eigenvalue weighted by Crippen LogP contribution is -2.47. The Bertz CT molecular complexity index is 4670. The second-order valence-corrected chi connectivity index (χ2v) is 41.7. The molecule has 142 heavy (non-hydrogen) atoms. The van der Waals surface area contributed by atoms with Crippen LogP contribution in [0.1, 0.15) is 298 Å². The Labute approximate surface area is 843 Å². The lowest BCUT2D eigenvalue weighted by Gasteiger charge is -2.38. The van der Waals surface area contributed by atoms with Gasteiger partial charge in [0.15, 0.2) is 0 Å². The Kier molecular flexibility index (Phi) is 52.9. The second kappa shape index (κ2) is 64.0. The Balaban J connectivity index is 0.000000203. The molecule has 0 saturated carbocycles. The smallest absolute Gasteiger partial charge is 0.403 e. The molecule has 7 aliphatic heterocycles. The number of amides is 7. The molecule has 0 spiro atoms. The monoisotopic (exact) mass is 2010 g/mol. The van der Waals surface area contributed by atoms with Crippen LogP contribution in [0.3, 0.4) is 0 Å². The molecule has 44 heteroatoms. The van der Waals surface area contributed by atoms with Gasteiger partial charge in [0.1, 0.15) is 4.88 Å². The lowest BCUT2D eigenvalue weighted by molar-refractivity contribution is -0.133. The number of likely N-dealkylation sites (tertiary alicyclic amines) is 6. The number of nitrogens with zero attached hydrogens (tertiary/aromatic N) is 21. The minimum Gasteiger partial charge on any atom is -0.403 e. The fraction of sp³-hybridized carbons (Fsp3) is 0.776. The maximum absolute atomic E-state index is 12.3. The van der Waals surface area contributed by atoms with Crippen molar-refractivity contribution in [2.75, 3.05) is 139 Å². The van der Waals surface area contributed by atoms with Gasteiger partial charge in [-0.3, -0.25) is 48.2 Å². The van der Waals surface area contributed by atoms with Crippen LogP contribution < -0.4 is 31.9 Å². The molecule has 7 amide bonds. The molecule has 0 aliphatic carbocycles. The van der Waals surface area contributed by atoms with Gasteiger partial charge in [0, 0.05) is 211 Å². The summed E-state index contributed by atoms with van der Waals surface area (Å²) in [5, 5.41) is 66.5. The molecule has 14 heterocycles. The molecule has 7 saturated heterocycles. The van der Waals surface area contributed by atoms with E-state index in [2.05, 4.69) is 245 Å². The van der Waals surface area contributed by atoms with E-state index in [0.717, 1.165) is 228 Å². The van der Waals surface area contributed by atoms with E-state index in [1.807, 2.05) is 19.0 Å². The number of ether oxygens (including phenoxy) is 1. The maximum atomic E-state index is 12.3. The minimum atomic E-state index is -0.616. The Morgan fingerprint density at radius 2 is 0.831 bits per heavy atom. The number of carbonyl (C=O) groups excluding carboxylic acids is 7. The van der Waals surface area contributed by atoms with E-state index in [-0.39, 0.29) is 63.9 Å². The number of carbonyl (C=O) groups is 7. The van der Waals surface area contributed by atoms with E-state index >= 15 is 0 Å². The average molecular weight is 2010 g/mol. The predicted molar refractivity (Wildman–Crippen MR) is 547 cm³/mol. The van der Waals surface area contributed by atoms with E-state index in [0.29, 0.717) is 128 Å². The van der Waals surface area contributed by atoms with Crippen molar-refractivity contribution >= 4 is 52.7 Å². The molecule has 796 valence electrons. The summed E-state index contributed by atoms with van der Waals surface area (Å²) in [6, 6.07) is 5.65. The summed E-state index contributed by atoms with van der Waals surface area (Å²) in [4.78, 5) is 133. The zero-order valence-corrected chi connectivity index (χ0v) is 89.0. The lowest BCUT2D eigenvalue weighted by atomic mass is 9.93. The molecule has 7 fully saturated rings. The zero-order chi connectivity index (χ0) is 103. The van der Waals surface area contributed by atoms with E-state index < -0.39 is 5.76 Å². The fourth-order valence-electron chi connectivity index (χ4n) is 18.5. The number of hydrogen-bond donors (Lipinski definition) is 11. The first-order valence-electron chi connectivity index (χ1n) is 52.3. The number of hydrogen-bond acceptors (Lipinski definition) is 30. The number of nitrogens with one attached hydrogen (secondary N) is 11. The highest BCUT2D eigenvalue weighted by atomic mass is 32.1. The van der Waals surface area contributed by atoms with Gasteiger partial charge in [-0.15, -0.1) is 10.2 Å². The number of thiazole rings is 1. The van der Waals surface area contributed by atoms with E-state index in [1.54, 1.807) is 41.6 Å². The summed E-state index contributed by atoms with van der Waals surface area (Å²) in [6.45, 7) is 49.1. The number of aryl methyl sites for hydroxylation is 4. The highest BCUT2D eigenvalue weighted by molar-refractivity contribution is 7.11. The first-order valence-corrected chi connectivity index (χ1v) is 53.2. The number of aromatic nitrogens is 18. The van der Waals surface area contributed by atoms with Gasteiger partial charge in [0.2, 0.25) is 29.4 Å². The van der Waals surface area contributed by atoms with Crippen molar-refractivity contribution in [1.29, 1.82) is 0 Å². The molecule has 43 nitrogen and oxygen atoms in total. The van der Waals surface area contributed by atoms with E-state index in [9.17, 15) is 43.2 Å². The number of oxazole rings is 1. The van der Waals surface area contributed by atoms with Crippen molar-refractivity contribution in [3.63, 3.8) is 0 Å². The van der Waals surface area contributed by atoms with Crippen molar-refractivity contribution < 1.29 is 42.7 Å². The van der Waals surface area contributed by atoms with Crippen molar-refractivity contribution in [3.8, 4) is 0 Å². The van der Waals surface area contributed by atoms with Crippen molar-refractivity contribution in [3.05, 3.63) is 96.6 Å². The van der Waals surface area contributed by atoms with Gasteiger partial charge < -0.3 is 79.5 Å². The van der Waals surface area contributed by atoms with Crippen molar-refractivity contribution in [2.45, 2.75) is 343 Å². The third-order valence-electron chi connectivity index (χ3n) is 28.1. The SMILES string of the molecule is CC(C)N1CCC(CCN(C)C(=O)c2c[nH]c(=O)s2)CC1.CC(C)N1CCC(CCNC(=O)c2nn[nH]n2)CC1.CC(C)N1CCC(N(C)C(=O)CCCc2cn[nH]n2)CC1.CC(C)N1CCC(NC(=O)CCCCc2cn[nH]n2)CC1.CC(C)N1CCC(NC(=O)CCCc2cn[nH]n2)CC1.CC(C)N1CCC(NC(=O)CCc2cn[nH]n2)CC1.CC(C)N1CCOC(CCN(C)C(=O)c2c[nH]c(=O)o2)C1. The van der Waals surface area contributed by atoms with Gasteiger partial charge in [-0.2, -0.15) is 66.9 Å². The molecule has 0 radical (unpaired) electrons. The van der Waals surface area contributed by atoms with Crippen LogP contribution in [0.5, 0.6) is 0 Å². The van der Waals surface area contributed by atoms with Crippen molar-refractivity contribution in [1.82, 2.24) is 163 Å². The summed E-state index contributed by atoms with van der Waals surface area (Å²) < 4.78 is 10.5. The van der Waals surface area contributed by atoms with E-state index in [1.165, 1.54) is 64.3 Å². The van der Waals surface area contributed by atoms with Crippen LogP contribution in [0.2, 0.25) is 0 Å². The Hall–Kier alpha value is -9.96. The highest BCUT2D eigenvalue weighted by Crippen LogP contribution is 2.26. The minimum absolute atomic E-state index is 0.0378. The quantitative estimate of drug-likeness (QED) is 0.0164. The molecule has 7 aromatic heterocycles. The van der Waals surface area contributed by atoms with Crippen LogP contribution in [0.4, 0.5) is 0 Å². The molecule has 1 unspecified atom stereocenters. The first-order chi connectivity index (χ1) is 68.1. The van der Waals surface area contributed by atoms with Crippen LogP contribution in [0.15, 0.2) is 51.2 Å². The molecule has 1 atom stereocenters. The summed E-state index contributed by atoms with van der Waals surface area (Å²) in [7, 11) is 5.46. The van der Waals surface area contributed by atoms with Gasteiger partial charge in [0.05, 0.1) is 66.5 Å². The standard InChI is InChI=1S/2C15H27N5O.C15H25N3O2S.C14H25N5O.C14H23N3O4.C13H23N5O.C12H22N6O/c1-12(2)20-9-7-14(8-10-20)19(3)15(21)6-4-5-13-11-16-18-17-13;1-12(2)20-9-7-13(8-10-20)17-15(21)6-4-3-5-14-11-16-19-18-14;1-11(2)18-8-5-12(6-9-18)4-7-17(3)14(19)13-10-16-15(20)21-13;1-11(2)19-8-6-12(7-9-19)16-14(20)5-3-4-13-10-15-18-17-13;1-10(2)17-6-7-20-11(9-17)4-5-16(3)13(18)12-8-15-14(19)21-12;1-10(2)18-7-5-11(6-8-18)15-13(19)4-3-12-9-14-17-16-12;1-9(2)18-7-4-10(5-8-18)3-6-13-12(19)11-14-16-17-15-11/h11-12,14H,4-10H2,1-3H3,(H,16,17,18);11-13H,3-10H2,1-2H3,(H,17,21)(H,16,18,19);10-12H,4-9H2,1-3H3,(H,16,20);10-12H,3-9H2,1-2H3,(H,16,20)(H,15,17,18);8,10-11H,4-7,9H2,1-3H3,(H,15,19);9-11H,3-8H2,1-2H3,(H,15,19)(H,14,16,17);9-10H,3-8H2,1-2H3,(H,13,19)(H,14,15,16,17). The molecule has 14 rings (SSSR count). The number of H-pyrrole nitrogens is 7. The van der Waals surface area contributed by atoms with Gasteiger partial charge in [-0.05, 0) is 281 Å². The third kappa shape index (κ3) is 44.3. The summed E-state index contributed by atoms with van der Waals surface area (Å²) in [6.07, 6.45) is 34.9. The topological polar surface area (TPSA) is 509 Å². The van der Waals surface area contributed by atoms with Gasteiger partial charge in [-0.25, -0.2) is 4.79 Å².